The number of halogens is 2. The molecule has 2 heterocycles. The van der Waals surface area contributed by atoms with Gasteiger partial charge in [-0.15, -0.1) is 0 Å². The highest BCUT2D eigenvalue weighted by molar-refractivity contribution is 5.93. The van der Waals surface area contributed by atoms with Crippen LogP contribution in [0.1, 0.15) is 48.8 Å². The first kappa shape index (κ1) is 19.3. The number of hydrogen-bond acceptors (Lipinski definition) is 3. The fourth-order valence-corrected chi connectivity index (χ4v) is 4.80. The van der Waals surface area contributed by atoms with Gasteiger partial charge in [0.05, 0.1) is 5.52 Å². The number of nitrogens with one attached hydrogen (secondary N) is 1. The maximum absolute atomic E-state index is 14.7. The Hall–Kier alpha value is -2.69. The van der Waals surface area contributed by atoms with E-state index in [2.05, 4.69) is 30.4 Å². The van der Waals surface area contributed by atoms with Crippen LogP contribution in [0.15, 0.2) is 48.5 Å². The average Bonchev–Trinajstić information content (AvgIpc) is 3.20. The zero-order valence-electron chi connectivity index (χ0n) is 17.3. The molecule has 0 spiro atoms. The smallest absolute Gasteiger partial charge is 0.275 e. The molecule has 0 atom stereocenters. The molecule has 1 aromatic heterocycles. The highest BCUT2D eigenvalue weighted by atomic mass is 19.3. The van der Waals surface area contributed by atoms with Crippen LogP contribution in [0.5, 0.6) is 0 Å². The molecule has 3 nitrogen and oxygen atoms in total. The van der Waals surface area contributed by atoms with Crippen LogP contribution in [-0.4, -0.2) is 17.6 Å². The second-order valence-electron chi connectivity index (χ2n) is 8.71. The maximum atomic E-state index is 14.7. The lowest BCUT2D eigenvalue weighted by molar-refractivity contribution is -0.00967. The summed E-state index contributed by atoms with van der Waals surface area (Å²) in [4.78, 5) is 6.88. The highest BCUT2D eigenvalue weighted by Crippen LogP contribution is 2.39. The molecule has 1 N–H and O–H groups in total. The van der Waals surface area contributed by atoms with E-state index in [0.717, 1.165) is 22.4 Å². The van der Waals surface area contributed by atoms with Gasteiger partial charge in [-0.2, -0.15) is 0 Å². The number of nitrogens with zero attached hydrogens (tertiary/aromatic N) is 2. The number of rotatable bonds is 3. The van der Waals surface area contributed by atoms with Crippen molar-refractivity contribution in [2.75, 3.05) is 16.8 Å². The van der Waals surface area contributed by atoms with Crippen LogP contribution < -0.4 is 10.2 Å². The molecule has 0 amide bonds. The van der Waals surface area contributed by atoms with Crippen LogP contribution in [0.2, 0.25) is 0 Å². The Morgan fingerprint density at radius 1 is 1.07 bits per heavy atom. The van der Waals surface area contributed by atoms with Gasteiger partial charge in [0.1, 0.15) is 5.82 Å². The van der Waals surface area contributed by atoms with Crippen LogP contribution in [0, 0.1) is 6.92 Å². The monoisotopic (exact) mass is 407 g/mol. The van der Waals surface area contributed by atoms with Crippen molar-refractivity contribution in [1.82, 2.24) is 4.98 Å². The Morgan fingerprint density at radius 3 is 2.70 bits per heavy atom. The van der Waals surface area contributed by atoms with Gasteiger partial charge < -0.3 is 10.2 Å². The van der Waals surface area contributed by atoms with Crippen LogP contribution in [0.3, 0.4) is 0 Å². The quantitative estimate of drug-likeness (QED) is 0.544. The predicted molar refractivity (Wildman–Crippen MR) is 118 cm³/mol. The van der Waals surface area contributed by atoms with E-state index in [4.69, 9.17) is 4.98 Å². The predicted octanol–water partition coefficient (Wildman–Crippen LogP) is 6.40. The van der Waals surface area contributed by atoms with Gasteiger partial charge in [0.25, 0.3) is 5.92 Å². The molecule has 2 aliphatic rings. The van der Waals surface area contributed by atoms with E-state index in [0.29, 0.717) is 18.2 Å². The third-order valence-corrected chi connectivity index (χ3v) is 6.46. The summed E-state index contributed by atoms with van der Waals surface area (Å²) in [5.74, 6) is -2.05. The van der Waals surface area contributed by atoms with E-state index in [9.17, 15) is 8.78 Å². The number of anilines is 2. The van der Waals surface area contributed by atoms with Gasteiger partial charge in [-0.05, 0) is 37.5 Å². The largest absolute Gasteiger partial charge is 0.382 e. The molecule has 1 saturated carbocycles. The number of fused-ring (bicyclic) bond motifs is 2. The summed E-state index contributed by atoms with van der Waals surface area (Å²) in [5, 5.41) is 4.83. The Balaban J connectivity index is 1.56. The van der Waals surface area contributed by atoms with Gasteiger partial charge in [0, 0.05) is 48.3 Å². The third kappa shape index (κ3) is 3.62. The topological polar surface area (TPSA) is 28.2 Å². The Kier molecular flexibility index (Phi) is 4.84. The van der Waals surface area contributed by atoms with Gasteiger partial charge in [-0.1, -0.05) is 48.7 Å². The number of benzene rings is 2. The normalized spacial score (nSPS) is 19.0. The first-order chi connectivity index (χ1) is 14.5. The second kappa shape index (κ2) is 7.53. The lowest BCUT2D eigenvalue weighted by Gasteiger charge is -2.24. The van der Waals surface area contributed by atoms with E-state index in [1.165, 1.54) is 31.2 Å². The van der Waals surface area contributed by atoms with E-state index >= 15 is 0 Å². The summed E-state index contributed by atoms with van der Waals surface area (Å²) in [6, 6.07) is 15.7. The lowest BCUT2D eigenvalue weighted by atomic mass is 10.0. The fraction of sp³-hybridized carbons (Fsp3) is 0.400. The van der Waals surface area contributed by atoms with Crippen molar-refractivity contribution in [3.63, 3.8) is 0 Å². The molecule has 0 saturated heterocycles. The molecule has 3 aromatic rings. The van der Waals surface area contributed by atoms with Crippen LogP contribution >= 0.6 is 0 Å². The molecule has 5 rings (SSSR count). The summed E-state index contributed by atoms with van der Waals surface area (Å²) < 4.78 is 29.5. The van der Waals surface area contributed by atoms with E-state index in [-0.39, 0.29) is 18.5 Å². The van der Waals surface area contributed by atoms with Crippen LogP contribution in [0.25, 0.3) is 10.9 Å². The molecular weight excluding hydrogens is 380 g/mol. The van der Waals surface area contributed by atoms with Gasteiger partial charge >= 0.3 is 0 Å². The van der Waals surface area contributed by atoms with E-state index in [1.807, 2.05) is 23.1 Å². The average molecular weight is 408 g/mol. The lowest BCUT2D eigenvalue weighted by Crippen LogP contribution is -2.25. The summed E-state index contributed by atoms with van der Waals surface area (Å²) >= 11 is 0. The van der Waals surface area contributed by atoms with Crippen molar-refractivity contribution < 1.29 is 8.78 Å². The van der Waals surface area contributed by atoms with Gasteiger partial charge in [-0.25, -0.2) is 13.8 Å². The Morgan fingerprint density at radius 2 is 1.87 bits per heavy atom. The van der Waals surface area contributed by atoms with Crippen molar-refractivity contribution in [1.29, 1.82) is 0 Å². The van der Waals surface area contributed by atoms with Crippen molar-refractivity contribution in [2.45, 2.75) is 57.5 Å². The van der Waals surface area contributed by atoms with E-state index < -0.39 is 5.92 Å². The summed E-state index contributed by atoms with van der Waals surface area (Å²) in [7, 11) is 0. The zero-order chi connectivity index (χ0) is 20.7. The Bertz CT molecular complexity index is 1070. The van der Waals surface area contributed by atoms with E-state index in [1.54, 1.807) is 12.1 Å². The minimum absolute atomic E-state index is 0.146. The summed E-state index contributed by atoms with van der Waals surface area (Å²) in [6.45, 7) is 2.80. The molecule has 1 aliphatic heterocycles. The summed E-state index contributed by atoms with van der Waals surface area (Å²) in [6.07, 6.45) is 4.65. The highest BCUT2D eigenvalue weighted by Gasteiger charge is 2.37. The summed E-state index contributed by atoms with van der Waals surface area (Å²) in [5.41, 5.74) is 3.98. The number of aryl methyl sites for hydroxylation is 1. The molecule has 0 bridgehead atoms. The molecular formula is C25H27F2N3. The number of hydrogen-bond donors (Lipinski definition) is 1. The second-order valence-corrected chi connectivity index (χ2v) is 8.71. The standard InChI is InChI=1S/C25H27F2N3/c1-17-10-11-22-20(14-17)23(28-19-7-3-4-8-19)15-24(29-22)30-13-12-25(26,27)21-9-5-2-6-18(21)16-30/h2,5-6,9-11,14-15,19H,3-4,7-8,12-13,16H2,1H3,(H,28,29). The molecule has 0 unspecified atom stereocenters. The molecule has 0 radical (unpaired) electrons. The van der Waals surface area contributed by atoms with Gasteiger partial charge in [-0.3, -0.25) is 0 Å². The van der Waals surface area contributed by atoms with Gasteiger partial charge in [0.15, 0.2) is 0 Å². The number of alkyl halides is 2. The van der Waals surface area contributed by atoms with Crippen molar-refractivity contribution in [2.24, 2.45) is 0 Å². The minimum atomic E-state index is -2.82. The van der Waals surface area contributed by atoms with Crippen LogP contribution in [-0.2, 0) is 12.5 Å². The molecule has 5 heteroatoms. The molecule has 2 aromatic carbocycles. The first-order valence-corrected chi connectivity index (χ1v) is 10.9. The van der Waals surface area contributed by atoms with Crippen molar-refractivity contribution >= 4 is 22.4 Å². The molecule has 156 valence electrons. The molecule has 1 aliphatic carbocycles. The minimum Gasteiger partial charge on any atom is -0.382 e. The van der Waals surface area contributed by atoms with Crippen molar-refractivity contribution in [3.8, 4) is 0 Å². The van der Waals surface area contributed by atoms with Gasteiger partial charge in [0.2, 0.25) is 0 Å². The fourth-order valence-electron chi connectivity index (χ4n) is 4.80. The molecule has 30 heavy (non-hydrogen) atoms. The Labute approximate surface area is 176 Å². The first-order valence-electron chi connectivity index (χ1n) is 10.9. The third-order valence-electron chi connectivity index (χ3n) is 6.46. The number of pyridine rings is 1. The van der Waals surface area contributed by atoms with Crippen LogP contribution in [0.4, 0.5) is 20.3 Å². The van der Waals surface area contributed by atoms with Crippen molar-refractivity contribution in [3.05, 3.63) is 65.2 Å². The number of aromatic nitrogens is 1. The zero-order valence-corrected chi connectivity index (χ0v) is 17.3. The SMILES string of the molecule is Cc1ccc2nc(N3CCC(F)(F)c4ccccc4C3)cc(NC3CCCC3)c2c1. The molecule has 1 fully saturated rings. The maximum Gasteiger partial charge on any atom is 0.275 e.